The van der Waals surface area contributed by atoms with Gasteiger partial charge in [-0.2, -0.15) is 0 Å². The van der Waals surface area contributed by atoms with Gasteiger partial charge >= 0.3 is 0 Å². The molecule has 1 aromatic heterocycles. The molecule has 0 atom stereocenters. The summed E-state index contributed by atoms with van der Waals surface area (Å²) < 4.78 is 5.33. The Bertz CT molecular complexity index is 835. The van der Waals surface area contributed by atoms with E-state index in [-0.39, 0.29) is 11.8 Å². The van der Waals surface area contributed by atoms with Crippen LogP contribution < -0.4 is 15.4 Å². The van der Waals surface area contributed by atoms with Crippen molar-refractivity contribution in [2.24, 2.45) is 0 Å². The SMILES string of the molecule is COc1ccc(NC(C)=O)cc1NC(=O)c1cccnc1SC1CCCC1. The molecule has 2 aromatic rings. The van der Waals surface area contributed by atoms with E-state index in [9.17, 15) is 9.59 Å². The van der Waals surface area contributed by atoms with Gasteiger partial charge in [0.15, 0.2) is 0 Å². The zero-order valence-corrected chi connectivity index (χ0v) is 16.3. The molecule has 7 heteroatoms. The fourth-order valence-corrected chi connectivity index (χ4v) is 4.39. The third kappa shape index (κ3) is 5.01. The Morgan fingerprint density at radius 3 is 2.67 bits per heavy atom. The van der Waals surface area contributed by atoms with Crippen LogP contribution in [0.15, 0.2) is 41.6 Å². The van der Waals surface area contributed by atoms with E-state index in [0.717, 1.165) is 17.9 Å². The van der Waals surface area contributed by atoms with Crippen molar-refractivity contribution in [3.63, 3.8) is 0 Å². The normalized spacial score (nSPS) is 14.0. The van der Waals surface area contributed by atoms with Crippen LogP contribution in [0.25, 0.3) is 0 Å². The minimum absolute atomic E-state index is 0.181. The molecule has 1 aromatic carbocycles. The highest BCUT2D eigenvalue weighted by atomic mass is 32.2. The molecule has 1 fully saturated rings. The number of anilines is 2. The van der Waals surface area contributed by atoms with Gasteiger partial charge < -0.3 is 15.4 Å². The highest BCUT2D eigenvalue weighted by Gasteiger charge is 2.21. The molecule has 0 bridgehead atoms. The zero-order valence-electron chi connectivity index (χ0n) is 15.5. The molecule has 27 heavy (non-hydrogen) atoms. The van der Waals surface area contributed by atoms with Crippen molar-refractivity contribution >= 4 is 35.0 Å². The topological polar surface area (TPSA) is 80.3 Å². The van der Waals surface area contributed by atoms with Crippen LogP contribution in [0.4, 0.5) is 11.4 Å². The van der Waals surface area contributed by atoms with E-state index < -0.39 is 0 Å². The number of nitrogens with zero attached hydrogens (tertiary/aromatic N) is 1. The molecular formula is C20H23N3O3S. The number of amides is 2. The molecule has 1 aliphatic rings. The highest BCUT2D eigenvalue weighted by Crippen LogP contribution is 2.35. The summed E-state index contributed by atoms with van der Waals surface area (Å²) in [5.74, 6) is 0.0909. The van der Waals surface area contributed by atoms with Crippen molar-refractivity contribution in [3.8, 4) is 5.75 Å². The van der Waals surface area contributed by atoms with E-state index in [0.29, 0.717) is 27.9 Å². The molecule has 142 valence electrons. The maximum absolute atomic E-state index is 12.9. The first kappa shape index (κ1) is 19.2. The van der Waals surface area contributed by atoms with Gasteiger partial charge in [0.25, 0.3) is 5.91 Å². The molecule has 2 N–H and O–H groups in total. The Morgan fingerprint density at radius 1 is 1.19 bits per heavy atom. The van der Waals surface area contributed by atoms with Crippen LogP contribution in [0.5, 0.6) is 5.75 Å². The minimum atomic E-state index is -0.248. The molecule has 0 unspecified atom stereocenters. The maximum atomic E-state index is 12.9. The number of benzene rings is 1. The van der Waals surface area contributed by atoms with E-state index in [1.54, 1.807) is 48.3 Å². The van der Waals surface area contributed by atoms with Crippen LogP contribution in [-0.4, -0.2) is 29.2 Å². The summed E-state index contributed by atoms with van der Waals surface area (Å²) in [6, 6.07) is 8.65. The number of ether oxygens (including phenoxy) is 1. The first-order valence-corrected chi connectivity index (χ1v) is 9.83. The second-order valence-electron chi connectivity index (χ2n) is 6.43. The fourth-order valence-electron chi connectivity index (χ4n) is 3.10. The second-order valence-corrected chi connectivity index (χ2v) is 7.72. The zero-order chi connectivity index (χ0) is 19.2. The lowest BCUT2D eigenvalue weighted by Gasteiger charge is -2.14. The smallest absolute Gasteiger partial charge is 0.258 e. The van der Waals surface area contributed by atoms with Crippen molar-refractivity contribution in [1.29, 1.82) is 0 Å². The summed E-state index contributed by atoms with van der Waals surface area (Å²) in [6.45, 7) is 1.44. The summed E-state index contributed by atoms with van der Waals surface area (Å²) in [5, 5.41) is 6.86. The third-order valence-electron chi connectivity index (χ3n) is 4.36. The number of pyridine rings is 1. The van der Waals surface area contributed by atoms with Gasteiger partial charge in [-0.3, -0.25) is 9.59 Å². The summed E-state index contributed by atoms with van der Waals surface area (Å²) in [4.78, 5) is 28.6. The Balaban J connectivity index is 1.81. The van der Waals surface area contributed by atoms with Crippen LogP contribution in [-0.2, 0) is 4.79 Å². The molecule has 0 radical (unpaired) electrons. The maximum Gasteiger partial charge on any atom is 0.258 e. The van der Waals surface area contributed by atoms with Crippen LogP contribution in [0, 0.1) is 0 Å². The number of methoxy groups -OCH3 is 1. The predicted octanol–water partition coefficient (Wildman–Crippen LogP) is 4.34. The Morgan fingerprint density at radius 2 is 1.96 bits per heavy atom. The molecule has 6 nitrogen and oxygen atoms in total. The first-order chi connectivity index (χ1) is 13.1. The fraction of sp³-hybridized carbons (Fsp3) is 0.350. The molecule has 1 saturated carbocycles. The van der Waals surface area contributed by atoms with E-state index in [2.05, 4.69) is 15.6 Å². The number of thioether (sulfide) groups is 1. The van der Waals surface area contributed by atoms with Gasteiger partial charge in [-0.05, 0) is 43.2 Å². The van der Waals surface area contributed by atoms with Crippen molar-refractivity contribution in [2.45, 2.75) is 42.9 Å². The van der Waals surface area contributed by atoms with Crippen LogP contribution >= 0.6 is 11.8 Å². The summed E-state index contributed by atoms with van der Waals surface area (Å²) >= 11 is 1.68. The Hall–Kier alpha value is -2.54. The number of carbonyl (C=O) groups excluding carboxylic acids is 2. The van der Waals surface area contributed by atoms with Gasteiger partial charge in [0.2, 0.25) is 5.91 Å². The lowest BCUT2D eigenvalue weighted by Crippen LogP contribution is -2.15. The number of hydrogen-bond donors (Lipinski definition) is 2. The molecular weight excluding hydrogens is 362 g/mol. The quantitative estimate of drug-likeness (QED) is 0.773. The molecule has 1 aliphatic carbocycles. The van der Waals surface area contributed by atoms with Crippen molar-refractivity contribution in [2.75, 3.05) is 17.7 Å². The van der Waals surface area contributed by atoms with Crippen molar-refractivity contribution < 1.29 is 14.3 Å². The monoisotopic (exact) mass is 385 g/mol. The average molecular weight is 385 g/mol. The van der Waals surface area contributed by atoms with Gasteiger partial charge in [0.05, 0.1) is 18.4 Å². The van der Waals surface area contributed by atoms with Crippen molar-refractivity contribution in [1.82, 2.24) is 4.98 Å². The third-order valence-corrected chi connectivity index (χ3v) is 5.72. The van der Waals surface area contributed by atoms with Gasteiger partial charge in [0, 0.05) is 24.1 Å². The highest BCUT2D eigenvalue weighted by molar-refractivity contribution is 7.99. The van der Waals surface area contributed by atoms with Gasteiger partial charge in [-0.1, -0.05) is 12.8 Å². The molecule has 1 heterocycles. The number of carbonyl (C=O) groups is 2. The number of nitrogens with one attached hydrogen (secondary N) is 2. The summed E-state index contributed by atoms with van der Waals surface area (Å²) in [6.07, 6.45) is 6.51. The van der Waals surface area contributed by atoms with Crippen LogP contribution in [0.2, 0.25) is 0 Å². The Labute approximate surface area is 163 Å². The number of aromatic nitrogens is 1. The predicted molar refractivity (Wildman–Crippen MR) is 108 cm³/mol. The molecule has 2 amide bonds. The summed E-state index contributed by atoms with van der Waals surface area (Å²) in [7, 11) is 1.54. The van der Waals surface area contributed by atoms with E-state index in [4.69, 9.17) is 4.74 Å². The van der Waals surface area contributed by atoms with Crippen molar-refractivity contribution in [3.05, 3.63) is 42.1 Å². The average Bonchev–Trinajstić information content (AvgIpc) is 3.15. The molecule has 0 spiro atoms. The lowest BCUT2D eigenvalue weighted by atomic mass is 10.2. The van der Waals surface area contributed by atoms with Gasteiger partial charge in [0.1, 0.15) is 10.8 Å². The van der Waals surface area contributed by atoms with Gasteiger partial charge in [-0.15, -0.1) is 11.8 Å². The van der Waals surface area contributed by atoms with Crippen LogP contribution in [0.1, 0.15) is 43.0 Å². The first-order valence-electron chi connectivity index (χ1n) is 8.95. The molecule has 0 aliphatic heterocycles. The number of rotatable bonds is 6. The standard InChI is InChI=1S/C20H23N3O3S/c1-13(24)22-14-9-10-18(26-2)17(12-14)23-19(25)16-8-5-11-21-20(16)27-15-6-3-4-7-15/h5,8-12,15H,3-4,6-7H2,1-2H3,(H,22,24)(H,23,25). The van der Waals surface area contributed by atoms with Gasteiger partial charge in [-0.25, -0.2) is 4.98 Å². The summed E-state index contributed by atoms with van der Waals surface area (Å²) in [5.41, 5.74) is 1.63. The van der Waals surface area contributed by atoms with E-state index in [1.807, 2.05) is 0 Å². The minimum Gasteiger partial charge on any atom is -0.495 e. The van der Waals surface area contributed by atoms with E-state index in [1.165, 1.54) is 26.9 Å². The lowest BCUT2D eigenvalue weighted by molar-refractivity contribution is -0.114. The van der Waals surface area contributed by atoms with Crippen LogP contribution in [0.3, 0.4) is 0 Å². The molecule has 0 saturated heterocycles. The Kier molecular flexibility index (Phi) is 6.34. The molecule has 3 rings (SSSR count). The largest absolute Gasteiger partial charge is 0.495 e. The van der Waals surface area contributed by atoms with E-state index >= 15 is 0 Å². The second kappa shape index (κ2) is 8.90. The number of hydrogen-bond acceptors (Lipinski definition) is 5.